The summed E-state index contributed by atoms with van der Waals surface area (Å²) in [6.45, 7) is 0.690. The fraction of sp³-hybridized carbons (Fsp3) is 0.375. The summed E-state index contributed by atoms with van der Waals surface area (Å²) in [5.41, 5.74) is 1.90. The van der Waals surface area contributed by atoms with E-state index in [1.54, 1.807) is 38.5 Å². The third kappa shape index (κ3) is 5.84. The lowest BCUT2D eigenvalue weighted by molar-refractivity contribution is -0.133. The monoisotopic (exact) mass is 424 g/mol. The van der Waals surface area contributed by atoms with Crippen LogP contribution in [-0.2, 0) is 22.4 Å². The Morgan fingerprint density at radius 3 is 1.87 bits per heavy atom. The Kier molecular flexibility index (Phi) is 7.65. The Labute approximate surface area is 182 Å². The van der Waals surface area contributed by atoms with Gasteiger partial charge in [-0.3, -0.25) is 19.4 Å². The summed E-state index contributed by atoms with van der Waals surface area (Å²) in [4.78, 5) is 40.5. The zero-order valence-corrected chi connectivity index (χ0v) is 18.0. The maximum Gasteiger partial charge on any atom is 0.333 e. The molecule has 0 radical (unpaired) electrons. The number of aryl methyl sites for hydroxylation is 1. The van der Waals surface area contributed by atoms with E-state index >= 15 is 0 Å². The zero-order chi connectivity index (χ0) is 22.2. The largest absolute Gasteiger partial charge is 0.497 e. The van der Waals surface area contributed by atoms with Crippen LogP contribution in [0.5, 0.6) is 11.5 Å². The van der Waals surface area contributed by atoms with Crippen molar-refractivity contribution in [3.63, 3.8) is 0 Å². The standard InChI is InChI=1S/C24H28N2O5/c1-30-20-11-7-18(8-12-20)5-3-6-22(27)25-15-4-16-26(24(25)29)23(28)17-19-9-13-21(31-2)14-10-19/h7-14H,3-6,15-17H2,1-2H3. The molecule has 0 atom stereocenters. The summed E-state index contributed by atoms with van der Waals surface area (Å²) in [5, 5.41) is 0. The van der Waals surface area contributed by atoms with Crippen molar-refractivity contribution in [1.29, 1.82) is 0 Å². The van der Waals surface area contributed by atoms with Crippen molar-refractivity contribution in [2.24, 2.45) is 0 Å². The smallest absolute Gasteiger partial charge is 0.333 e. The number of rotatable bonds is 8. The van der Waals surface area contributed by atoms with Crippen LogP contribution in [-0.4, -0.2) is 55.0 Å². The summed E-state index contributed by atoms with van der Waals surface area (Å²) in [5.74, 6) is 0.959. The SMILES string of the molecule is COc1ccc(CCCC(=O)N2CCCN(C(=O)Cc3ccc(OC)cc3)C2=O)cc1. The normalized spacial score (nSPS) is 13.8. The van der Waals surface area contributed by atoms with Crippen molar-refractivity contribution < 1.29 is 23.9 Å². The third-order valence-corrected chi connectivity index (χ3v) is 5.36. The number of amides is 4. The fourth-order valence-electron chi connectivity index (χ4n) is 3.57. The molecule has 0 aliphatic carbocycles. The van der Waals surface area contributed by atoms with Crippen molar-refractivity contribution in [3.05, 3.63) is 59.7 Å². The van der Waals surface area contributed by atoms with Gasteiger partial charge in [-0.25, -0.2) is 4.79 Å². The Hall–Kier alpha value is -3.35. The molecule has 31 heavy (non-hydrogen) atoms. The highest BCUT2D eigenvalue weighted by atomic mass is 16.5. The summed E-state index contributed by atoms with van der Waals surface area (Å²) in [6.07, 6.45) is 2.32. The molecular weight excluding hydrogens is 396 g/mol. The van der Waals surface area contributed by atoms with Gasteiger partial charge >= 0.3 is 6.03 Å². The van der Waals surface area contributed by atoms with Gasteiger partial charge in [0.1, 0.15) is 11.5 Å². The molecule has 2 aromatic carbocycles. The van der Waals surface area contributed by atoms with Crippen molar-refractivity contribution >= 4 is 17.8 Å². The number of nitrogens with zero attached hydrogens (tertiary/aromatic N) is 2. The van der Waals surface area contributed by atoms with E-state index in [-0.39, 0.29) is 24.7 Å². The number of urea groups is 1. The van der Waals surface area contributed by atoms with Crippen LogP contribution >= 0.6 is 0 Å². The van der Waals surface area contributed by atoms with Gasteiger partial charge < -0.3 is 9.47 Å². The number of benzene rings is 2. The Morgan fingerprint density at radius 2 is 1.32 bits per heavy atom. The van der Waals surface area contributed by atoms with E-state index in [0.717, 1.165) is 23.3 Å². The topological polar surface area (TPSA) is 76.2 Å². The molecular formula is C24H28N2O5. The number of ether oxygens (including phenoxy) is 2. The molecule has 0 aromatic heterocycles. The van der Waals surface area contributed by atoms with Gasteiger partial charge in [-0.2, -0.15) is 0 Å². The molecule has 0 N–H and O–H groups in total. The minimum Gasteiger partial charge on any atom is -0.497 e. The van der Waals surface area contributed by atoms with Gasteiger partial charge in [-0.15, -0.1) is 0 Å². The van der Waals surface area contributed by atoms with E-state index in [9.17, 15) is 14.4 Å². The van der Waals surface area contributed by atoms with Crippen LogP contribution in [0.2, 0.25) is 0 Å². The van der Waals surface area contributed by atoms with Crippen molar-refractivity contribution in [2.75, 3.05) is 27.3 Å². The second kappa shape index (κ2) is 10.6. The van der Waals surface area contributed by atoms with Crippen LogP contribution < -0.4 is 9.47 Å². The quantitative estimate of drug-likeness (QED) is 0.649. The second-order valence-corrected chi connectivity index (χ2v) is 7.45. The minimum absolute atomic E-state index is 0.106. The highest BCUT2D eigenvalue weighted by Gasteiger charge is 2.33. The molecule has 0 bridgehead atoms. The molecule has 3 rings (SSSR count). The highest BCUT2D eigenvalue weighted by Crippen LogP contribution is 2.17. The van der Waals surface area contributed by atoms with Gasteiger partial charge in [-0.05, 0) is 54.7 Å². The maximum atomic E-state index is 12.8. The maximum absolute atomic E-state index is 12.8. The lowest BCUT2D eigenvalue weighted by Gasteiger charge is -2.33. The predicted octanol–water partition coefficient (Wildman–Crippen LogP) is 3.45. The van der Waals surface area contributed by atoms with E-state index < -0.39 is 6.03 Å². The lowest BCUT2D eigenvalue weighted by atomic mass is 10.1. The highest BCUT2D eigenvalue weighted by molar-refractivity contribution is 6.03. The first kappa shape index (κ1) is 22.3. The van der Waals surface area contributed by atoms with E-state index in [0.29, 0.717) is 31.7 Å². The molecule has 1 saturated heterocycles. The second-order valence-electron chi connectivity index (χ2n) is 7.45. The molecule has 1 heterocycles. The van der Waals surface area contributed by atoms with E-state index in [1.165, 1.54) is 9.80 Å². The molecule has 1 fully saturated rings. The Morgan fingerprint density at radius 1 is 0.806 bits per heavy atom. The summed E-state index contributed by atoms with van der Waals surface area (Å²) in [7, 11) is 3.20. The Bertz CT molecular complexity index is 909. The summed E-state index contributed by atoms with van der Waals surface area (Å²) < 4.78 is 10.3. The van der Waals surface area contributed by atoms with Gasteiger partial charge in [0.25, 0.3) is 0 Å². The van der Waals surface area contributed by atoms with Crippen LogP contribution in [0.1, 0.15) is 30.4 Å². The van der Waals surface area contributed by atoms with Crippen LogP contribution in [0.25, 0.3) is 0 Å². The van der Waals surface area contributed by atoms with Gasteiger partial charge in [0, 0.05) is 19.5 Å². The molecule has 2 aromatic rings. The number of hydrogen-bond donors (Lipinski definition) is 0. The molecule has 164 valence electrons. The van der Waals surface area contributed by atoms with Gasteiger partial charge in [-0.1, -0.05) is 24.3 Å². The van der Waals surface area contributed by atoms with Crippen LogP contribution in [0.4, 0.5) is 4.79 Å². The molecule has 4 amide bonds. The average Bonchev–Trinajstić information content (AvgIpc) is 2.80. The molecule has 0 unspecified atom stereocenters. The van der Waals surface area contributed by atoms with Crippen molar-refractivity contribution in [3.8, 4) is 11.5 Å². The lowest BCUT2D eigenvalue weighted by Crippen LogP contribution is -2.54. The van der Waals surface area contributed by atoms with Crippen molar-refractivity contribution in [1.82, 2.24) is 9.80 Å². The first-order valence-electron chi connectivity index (χ1n) is 10.4. The van der Waals surface area contributed by atoms with Gasteiger partial charge in [0.2, 0.25) is 11.8 Å². The predicted molar refractivity (Wildman–Crippen MR) is 116 cm³/mol. The molecule has 7 heteroatoms. The van der Waals surface area contributed by atoms with E-state index in [1.807, 2.05) is 24.3 Å². The molecule has 0 saturated carbocycles. The molecule has 7 nitrogen and oxygen atoms in total. The summed E-state index contributed by atoms with van der Waals surface area (Å²) in [6, 6.07) is 14.3. The van der Waals surface area contributed by atoms with Crippen LogP contribution in [0.15, 0.2) is 48.5 Å². The fourth-order valence-corrected chi connectivity index (χ4v) is 3.57. The number of methoxy groups -OCH3 is 2. The number of carbonyl (C=O) groups is 3. The Balaban J connectivity index is 1.52. The third-order valence-electron chi connectivity index (χ3n) is 5.36. The summed E-state index contributed by atoms with van der Waals surface area (Å²) >= 11 is 0. The number of hydrogen-bond acceptors (Lipinski definition) is 5. The zero-order valence-electron chi connectivity index (χ0n) is 18.0. The van der Waals surface area contributed by atoms with E-state index in [2.05, 4.69) is 0 Å². The molecule has 1 aliphatic rings. The van der Waals surface area contributed by atoms with Crippen molar-refractivity contribution in [2.45, 2.75) is 32.1 Å². The number of imide groups is 2. The average molecular weight is 424 g/mol. The van der Waals surface area contributed by atoms with E-state index in [4.69, 9.17) is 9.47 Å². The van der Waals surface area contributed by atoms with Gasteiger partial charge in [0.05, 0.1) is 20.6 Å². The first-order chi connectivity index (χ1) is 15.0. The number of carbonyl (C=O) groups excluding carboxylic acids is 3. The van der Waals surface area contributed by atoms with Gasteiger partial charge in [0.15, 0.2) is 0 Å². The minimum atomic E-state index is -0.515. The molecule has 0 spiro atoms. The first-order valence-corrected chi connectivity index (χ1v) is 10.4. The molecule has 1 aliphatic heterocycles. The van der Waals surface area contributed by atoms with Crippen LogP contribution in [0.3, 0.4) is 0 Å². The van der Waals surface area contributed by atoms with Crippen LogP contribution in [0, 0.1) is 0 Å².